The molecule has 0 bridgehead atoms. The van der Waals surface area contributed by atoms with Gasteiger partial charge in [-0.3, -0.25) is 4.79 Å². The van der Waals surface area contributed by atoms with Gasteiger partial charge < -0.3 is 15.3 Å². The Bertz CT molecular complexity index is 581. The second-order valence-electron chi connectivity index (χ2n) is 3.88. The molecule has 2 heterocycles. The Morgan fingerprint density at radius 2 is 2.05 bits per heavy atom. The second kappa shape index (κ2) is 6.67. The first-order valence-corrected chi connectivity index (χ1v) is 6.68. The maximum absolute atomic E-state index is 11.6. The van der Waals surface area contributed by atoms with Crippen molar-refractivity contribution in [3.8, 4) is 0 Å². The minimum Gasteiger partial charge on any atom is -0.619 e. The summed E-state index contributed by atoms with van der Waals surface area (Å²) in [5.41, 5.74) is 0.225. The number of carbonyl (C=O) groups excluding carboxylic acids is 2. The number of thiophene rings is 1. The van der Waals surface area contributed by atoms with E-state index in [-0.39, 0.29) is 18.1 Å². The van der Waals surface area contributed by atoms with Crippen LogP contribution in [0.25, 0.3) is 0 Å². The predicted molar refractivity (Wildman–Crippen MR) is 71.9 cm³/mol. The molecule has 0 saturated carbocycles. The molecule has 0 aliphatic carbocycles. The molecule has 7 heteroatoms. The third-order valence-corrected chi connectivity index (χ3v) is 3.29. The summed E-state index contributed by atoms with van der Waals surface area (Å²) in [6.07, 6.45) is 2.38. The number of carbonyl (C=O) groups is 2. The third-order valence-electron chi connectivity index (χ3n) is 2.41. The number of hydrogen-bond donors (Lipinski definition) is 1. The molecular weight excluding hydrogens is 280 g/mol. The molecule has 1 amide bonds. The molecule has 0 unspecified atom stereocenters. The van der Waals surface area contributed by atoms with E-state index in [9.17, 15) is 14.8 Å². The van der Waals surface area contributed by atoms with Crippen LogP contribution in [0.5, 0.6) is 0 Å². The molecule has 104 valence electrons. The smallest absolute Gasteiger partial charge is 0.339 e. The summed E-state index contributed by atoms with van der Waals surface area (Å²) in [5, 5.41) is 15.4. The Hall–Kier alpha value is -2.41. The minimum atomic E-state index is -0.642. The monoisotopic (exact) mass is 292 g/mol. The fourth-order valence-electron chi connectivity index (χ4n) is 1.41. The van der Waals surface area contributed by atoms with Crippen LogP contribution in [0, 0.1) is 5.21 Å². The summed E-state index contributed by atoms with van der Waals surface area (Å²) in [7, 11) is 0. The lowest BCUT2D eigenvalue weighted by Gasteiger charge is -2.05. The number of aromatic nitrogens is 1. The van der Waals surface area contributed by atoms with Gasteiger partial charge in [0.15, 0.2) is 19.0 Å². The Morgan fingerprint density at radius 3 is 2.70 bits per heavy atom. The summed E-state index contributed by atoms with van der Waals surface area (Å²) in [4.78, 5) is 24.1. The van der Waals surface area contributed by atoms with Gasteiger partial charge in [-0.2, -0.15) is 4.73 Å². The van der Waals surface area contributed by atoms with Crippen molar-refractivity contribution in [1.82, 2.24) is 5.32 Å². The van der Waals surface area contributed by atoms with E-state index in [4.69, 9.17) is 4.74 Å². The Balaban J connectivity index is 1.75. The second-order valence-corrected chi connectivity index (χ2v) is 4.91. The van der Waals surface area contributed by atoms with E-state index in [1.165, 1.54) is 35.9 Å². The fraction of sp³-hybridized carbons (Fsp3) is 0.154. The molecule has 0 spiro atoms. The lowest BCUT2D eigenvalue weighted by molar-refractivity contribution is -0.605. The van der Waals surface area contributed by atoms with Crippen LogP contribution in [-0.2, 0) is 16.1 Å². The number of hydrogen-bond acceptors (Lipinski definition) is 5. The average Bonchev–Trinajstić information content (AvgIpc) is 2.96. The molecule has 0 saturated heterocycles. The van der Waals surface area contributed by atoms with E-state index in [1.807, 2.05) is 17.5 Å². The Kier molecular flexibility index (Phi) is 4.67. The summed E-state index contributed by atoms with van der Waals surface area (Å²) in [6.45, 7) is 0.0616. The predicted octanol–water partition coefficient (Wildman–Crippen LogP) is 0.855. The van der Waals surface area contributed by atoms with Gasteiger partial charge in [0.25, 0.3) is 5.91 Å². The molecule has 2 aromatic rings. The van der Waals surface area contributed by atoms with Crippen molar-refractivity contribution in [3.05, 3.63) is 57.7 Å². The van der Waals surface area contributed by atoms with Crippen molar-refractivity contribution >= 4 is 23.2 Å². The van der Waals surface area contributed by atoms with Gasteiger partial charge in [0.05, 0.1) is 12.1 Å². The quantitative estimate of drug-likeness (QED) is 0.503. The zero-order valence-corrected chi connectivity index (χ0v) is 11.3. The van der Waals surface area contributed by atoms with Crippen LogP contribution < -0.4 is 10.0 Å². The Morgan fingerprint density at radius 1 is 1.30 bits per heavy atom. The molecule has 20 heavy (non-hydrogen) atoms. The number of amides is 1. The first-order valence-electron chi connectivity index (χ1n) is 5.80. The summed E-state index contributed by atoms with van der Waals surface area (Å²) >= 11 is 1.53. The van der Waals surface area contributed by atoms with Gasteiger partial charge in [0, 0.05) is 17.0 Å². The number of rotatable bonds is 5. The maximum atomic E-state index is 11.6. The van der Waals surface area contributed by atoms with Crippen molar-refractivity contribution < 1.29 is 19.1 Å². The highest BCUT2D eigenvalue weighted by atomic mass is 32.1. The molecule has 0 aliphatic rings. The van der Waals surface area contributed by atoms with Crippen molar-refractivity contribution in [1.29, 1.82) is 0 Å². The van der Waals surface area contributed by atoms with Crippen molar-refractivity contribution in [2.75, 3.05) is 6.61 Å². The SMILES string of the molecule is O=C(COC(=O)c1cc[n+]([O-])cc1)NCc1cccs1. The lowest BCUT2D eigenvalue weighted by atomic mass is 10.3. The molecule has 0 fully saturated rings. The van der Waals surface area contributed by atoms with Crippen molar-refractivity contribution in [2.45, 2.75) is 6.54 Å². The molecule has 1 N–H and O–H groups in total. The van der Waals surface area contributed by atoms with E-state index in [0.29, 0.717) is 11.3 Å². The topological polar surface area (TPSA) is 82.3 Å². The van der Waals surface area contributed by atoms with Crippen LogP contribution in [0.1, 0.15) is 15.2 Å². The zero-order valence-electron chi connectivity index (χ0n) is 10.4. The van der Waals surface area contributed by atoms with Crippen LogP contribution in [0.15, 0.2) is 42.0 Å². The van der Waals surface area contributed by atoms with E-state index >= 15 is 0 Å². The number of pyridine rings is 1. The molecule has 0 aliphatic heterocycles. The molecule has 0 atom stereocenters. The summed E-state index contributed by atoms with van der Waals surface area (Å²) in [6, 6.07) is 6.46. The molecule has 0 radical (unpaired) electrons. The molecule has 2 aromatic heterocycles. The third kappa shape index (κ3) is 4.06. The summed E-state index contributed by atoms with van der Waals surface area (Å²) < 4.78 is 5.40. The van der Waals surface area contributed by atoms with Gasteiger partial charge in [-0.1, -0.05) is 6.07 Å². The van der Waals surface area contributed by atoms with Gasteiger partial charge in [-0.15, -0.1) is 11.3 Å². The number of nitrogens with zero attached hydrogens (tertiary/aromatic N) is 1. The normalized spacial score (nSPS) is 10.0. The first-order chi connectivity index (χ1) is 9.65. The number of esters is 1. The highest BCUT2D eigenvalue weighted by Gasteiger charge is 2.11. The van der Waals surface area contributed by atoms with Crippen molar-refractivity contribution in [2.24, 2.45) is 0 Å². The van der Waals surface area contributed by atoms with Crippen molar-refractivity contribution in [3.63, 3.8) is 0 Å². The molecule has 0 aromatic carbocycles. The summed E-state index contributed by atoms with van der Waals surface area (Å²) in [5.74, 6) is -1.02. The zero-order chi connectivity index (χ0) is 14.4. The van der Waals surface area contributed by atoms with Gasteiger partial charge in [-0.05, 0) is 11.4 Å². The van der Waals surface area contributed by atoms with Gasteiger partial charge in [-0.25, -0.2) is 4.79 Å². The Labute approximate surface area is 119 Å². The molecule has 6 nitrogen and oxygen atoms in total. The number of ether oxygens (including phenoxy) is 1. The highest BCUT2D eigenvalue weighted by Crippen LogP contribution is 2.07. The van der Waals surface area contributed by atoms with Crippen LogP contribution in [0.4, 0.5) is 0 Å². The number of nitrogens with one attached hydrogen (secondary N) is 1. The van der Waals surface area contributed by atoms with Gasteiger partial charge in [0.2, 0.25) is 0 Å². The van der Waals surface area contributed by atoms with Crippen LogP contribution >= 0.6 is 11.3 Å². The minimum absolute atomic E-state index is 0.225. The van der Waals surface area contributed by atoms with Crippen LogP contribution in [0.3, 0.4) is 0 Å². The van der Waals surface area contributed by atoms with Gasteiger partial charge in [0.1, 0.15) is 0 Å². The van der Waals surface area contributed by atoms with E-state index in [2.05, 4.69) is 5.32 Å². The van der Waals surface area contributed by atoms with E-state index in [1.54, 1.807) is 0 Å². The standard InChI is InChI=1S/C13H12N2O4S/c16-12(14-8-11-2-1-7-20-11)9-19-13(17)10-3-5-15(18)6-4-10/h1-7H,8-9H2,(H,14,16). The first kappa shape index (κ1) is 14.0. The largest absolute Gasteiger partial charge is 0.619 e. The lowest BCUT2D eigenvalue weighted by Crippen LogP contribution is -2.28. The van der Waals surface area contributed by atoms with E-state index < -0.39 is 5.97 Å². The highest BCUT2D eigenvalue weighted by molar-refractivity contribution is 7.09. The van der Waals surface area contributed by atoms with Crippen LogP contribution in [-0.4, -0.2) is 18.5 Å². The van der Waals surface area contributed by atoms with E-state index in [0.717, 1.165) is 4.88 Å². The maximum Gasteiger partial charge on any atom is 0.339 e. The molecular formula is C13H12N2O4S. The molecule has 2 rings (SSSR count). The average molecular weight is 292 g/mol. The fourth-order valence-corrected chi connectivity index (χ4v) is 2.06. The van der Waals surface area contributed by atoms with Gasteiger partial charge >= 0.3 is 5.97 Å². The van der Waals surface area contributed by atoms with Crippen LogP contribution in [0.2, 0.25) is 0 Å².